The van der Waals surface area contributed by atoms with Crippen molar-refractivity contribution < 1.29 is 4.79 Å². The summed E-state index contributed by atoms with van der Waals surface area (Å²) in [6.07, 6.45) is 1.81. The van der Waals surface area contributed by atoms with E-state index in [1.165, 1.54) is 0 Å². The van der Waals surface area contributed by atoms with Crippen molar-refractivity contribution in [1.82, 2.24) is 14.9 Å². The zero-order valence-electron chi connectivity index (χ0n) is 14.2. The van der Waals surface area contributed by atoms with Crippen molar-refractivity contribution in [3.63, 3.8) is 0 Å². The molecule has 1 atom stereocenters. The average molecular weight is 353 g/mol. The summed E-state index contributed by atoms with van der Waals surface area (Å²) in [5.74, 6) is -0.194. The number of thiazole rings is 1. The Morgan fingerprint density at radius 3 is 2.88 bits per heavy atom. The van der Waals surface area contributed by atoms with Crippen LogP contribution in [0.1, 0.15) is 45.5 Å². The molecule has 0 saturated carbocycles. The molecule has 1 saturated heterocycles. The molecule has 0 radical (unpaired) electrons. The highest BCUT2D eigenvalue weighted by molar-refractivity contribution is 7.18. The van der Waals surface area contributed by atoms with E-state index in [-0.39, 0.29) is 23.1 Å². The number of rotatable bonds is 2. The van der Waals surface area contributed by atoms with Crippen LogP contribution in [0.5, 0.6) is 0 Å². The summed E-state index contributed by atoms with van der Waals surface area (Å²) in [7, 11) is 0. The second kappa shape index (κ2) is 6.11. The Hall–Kier alpha value is -2.47. The maximum absolute atomic E-state index is 13.1. The minimum absolute atomic E-state index is 0.0509. The van der Waals surface area contributed by atoms with Gasteiger partial charge in [0.2, 0.25) is 0 Å². The van der Waals surface area contributed by atoms with Gasteiger partial charge in [0, 0.05) is 12.2 Å². The molecule has 0 bridgehead atoms. The average Bonchev–Trinajstić information content (AvgIpc) is 3.20. The predicted molar refractivity (Wildman–Crippen MR) is 99.2 cm³/mol. The minimum Gasteiger partial charge on any atom is -0.329 e. The number of H-pyrrole nitrogens is 1. The Kier molecular flexibility index (Phi) is 3.92. The Labute approximate surface area is 149 Å². The van der Waals surface area contributed by atoms with Crippen molar-refractivity contribution >= 4 is 27.5 Å². The molecule has 128 valence electrons. The van der Waals surface area contributed by atoms with Gasteiger partial charge in [-0.2, -0.15) is 0 Å². The van der Waals surface area contributed by atoms with Crippen LogP contribution in [-0.2, 0) is 0 Å². The van der Waals surface area contributed by atoms with E-state index in [4.69, 9.17) is 4.98 Å². The summed E-state index contributed by atoms with van der Waals surface area (Å²) in [5.41, 5.74) is 2.40. The standard InChI is InChI=1S/C19H19N3O2S/c1-11-10-12(2)20-17(23)16(11)19(24)22-9-5-7-14(22)18-21-13-6-3-4-8-15(13)25-18/h3-4,6,8,10,14H,5,7,9H2,1-2H3,(H,20,23)/t14-/m1/s1. The number of carbonyl (C=O) groups is 1. The third kappa shape index (κ3) is 2.76. The number of amides is 1. The lowest BCUT2D eigenvalue weighted by Gasteiger charge is -2.23. The van der Waals surface area contributed by atoms with Crippen molar-refractivity contribution in [3.05, 3.63) is 62.5 Å². The first kappa shape index (κ1) is 16.0. The summed E-state index contributed by atoms with van der Waals surface area (Å²) >= 11 is 1.63. The normalized spacial score (nSPS) is 17.4. The number of hydrogen-bond acceptors (Lipinski definition) is 4. The molecule has 1 fully saturated rings. The van der Waals surface area contributed by atoms with Crippen molar-refractivity contribution in [2.24, 2.45) is 0 Å². The quantitative estimate of drug-likeness (QED) is 0.766. The molecule has 1 N–H and O–H groups in total. The van der Waals surface area contributed by atoms with E-state index in [0.717, 1.165) is 39.3 Å². The zero-order chi connectivity index (χ0) is 17.6. The van der Waals surface area contributed by atoms with Gasteiger partial charge in [-0.25, -0.2) is 4.98 Å². The summed E-state index contributed by atoms with van der Waals surface area (Å²) in [4.78, 5) is 34.7. The van der Waals surface area contributed by atoms with Crippen molar-refractivity contribution in [1.29, 1.82) is 0 Å². The minimum atomic E-state index is -0.308. The SMILES string of the molecule is Cc1cc(C)c(C(=O)N2CCC[C@@H]2c2nc3ccccc3s2)c(=O)[nH]1. The summed E-state index contributed by atoms with van der Waals surface area (Å²) in [6, 6.07) is 9.80. The molecule has 0 aliphatic carbocycles. The summed E-state index contributed by atoms with van der Waals surface area (Å²) in [6.45, 7) is 4.30. The highest BCUT2D eigenvalue weighted by Gasteiger charge is 2.34. The molecule has 1 aromatic carbocycles. The second-order valence-corrected chi connectivity index (χ2v) is 7.58. The van der Waals surface area contributed by atoms with Crippen molar-refractivity contribution in [2.45, 2.75) is 32.7 Å². The number of aromatic amines is 1. The Balaban J connectivity index is 1.72. The van der Waals surface area contributed by atoms with Crippen LogP contribution in [-0.4, -0.2) is 27.3 Å². The Morgan fingerprint density at radius 2 is 2.12 bits per heavy atom. The number of aromatic nitrogens is 2. The number of likely N-dealkylation sites (tertiary alicyclic amines) is 1. The zero-order valence-corrected chi connectivity index (χ0v) is 15.0. The molecular weight excluding hydrogens is 334 g/mol. The molecule has 1 aliphatic heterocycles. The number of nitrogens with zero attached hydrogens (tertiary/aromatic N) is 2. The van der Waals surface area contributed by atoms with E-state index in [0.29, 0.717) is 6.54 Å². The van der Waals surface area contributed by atoms with Crippen LogP contribution in [0.2, 0.25) is 0 Å². The Morgan fingerprint density at radius 1 is 1.32 bits per heavy atom. The number of hydrogen-bond donors (Lipinski definition) is 1. The van der Waals surface area contributed by atoms with E-state index < -0.39 is 0 Å². The lowest BCUT2D eigenvalue weighted by molar-refractivity contribution is 0.0733. The smallest absolute Gasteiger partial charge is 0.261 e. The van der Waals surface area contributed by atoms with E-state index in [1.54, 1.807) is 11.3 Å². The topological polar surface area (TPSA) is 66.1 Å². The predicted octanol–water partition coefficient (Wildman–Crippen LogP) is 3.58. The van der Waals surface area contributed by atoms with Gasteiger partial charge in [-0.05, 0) is 50.5 Å². The van der Waals surface area contributed by atoms with Gasteiger partial charge in [0.25, 0.3) is 11.5 Å². The molecule has 25 heavy (non-hydrogen) atoms. The maximum Gasteiger partial charge on any atom is 0.261 e. The fourth-order valence-electron chi connectivity index (χ4n) is 3.56. The maximum atomic E-state index is 13.1. The Bertz CT molecular complexity index is 988. The van der Waals surface area contributed by atoms with Gasteiger partial charge in [0.05, 0.1) is 16.3 Å². The van der Waals surface area contributed by atoms with E-state index in [2.05, 4.69) is 4.98 Å². The van der Waals surface area contributed by atoms with Crippen LogP contribution in [0.3, 0.4) is 0 Å². The van der Waals surface area contributed by atoms with E-state index in [1.807, 2.05) is 49.1 Å². The van der Waals surface area contributed by atoms with E-state index >= 15 is 0 Å². The first-order valence-corrected chi connectivity index (χ1v) is 9.23. The molecule has 2 aromatic heterocycles. The molecule has 1 amide bonds. The van der Waals surface area contributed by atoms with Gasteiger partial charge in [-0.15, -0.1) is 11.3 Å². The van der Waals surface area contributed by atoms with Crippen LogP contribution in [0.4, 0.5) is 0 Å². The van der Waals surface area contributed by atoms with Gasteiger partial charge in [0.1, 0.15) is 10.6 Å². The molecule has 5 nitrogen and oxygen atoms in total. The highest BCUT2D eigenvalue weighted by atomic mass is 32.1. The third-order valence-electron chi connectivity index (χ3n) is 4.69. The fourth-order valence-corrected chi connectivity index (χ4v) is 4.68. The number of aryl methyl sites for hydroxylation is 2. The molecule has 3 aromatic rings. The molecule has 1 aliphatic rings. The van der Waals surface area contributed by atoms with Crippen LogP contribution in [0.25, 0.3) is 10.2 Å². The third-order valence-corrected chi connectivity index (χ3v) is 5.83. The lowest BCUT2D eigenvalue weighted by atomic mass is 10.1. The summed E-state index contributed by atoms with van der Waals surface area (Å²) < 4.78 is 1.13. The first-order chi connectivity index (χ1) is 12.0. The molecule has 3 heterocycles. The van der Waals surface area contributed by atoms with Crippen molar-refractivity contribution in [3.8, 4) is 0 Å². The molecule has 6 heteroatoms. The van der Waals surface area contributed by atoms with Crippen LogP contribution >= 0.6 is 11.3 Å². The number of para-hydroxylation sites is 1. The van der Waals surface area contributed by atoms with Crippen molar-refractivity contribution in [2.75, 3.05) is 6.54 Å². The van der Waals surface area contributed by atoms with Gasteiger partial charge >= 0.3 is 0 Å². The number of fused-ring (bicyclic) bond motifs is 1. The van der Waals surface area contributed by atoms with Gasteiger partial charge in [-0.3, -0.25) is 9.59 Å². The monoisotopic (exact) mass is 353 g/mol. The lowest BCUT2D eigenvalue weighted by Crippen LogP contribution is -2.35. The molecular formula is C19H19N3O2S. The fraction of sp³-hybridized carbons (Fsp3) is 0.316. The molecule has 0 spiro atoms. The number of pyridine rings is 1. The number of nitrogens with one attached hydrogen (secondary N) is 1. The van der Waals surface area contributed by atoms with Gasteiger partial charge in [0.15, 0.2) is 0 Å². The second-order valence-electron chi connectivity index (χ2n) is 6.52. The van der Waals surface area contributed by atoms with E-state index in [9.17, 15) is 9.59 Å². The number of carbonyl (C=O) groups excluding carboxylic acids is 1. The first-order valence-electron chi connectivity index (χ1n) is 8.41. The van der Waals surface area contributed by atoms with Gasteiger partial charge < -0.3 is 9.88 Å². The van der Waals surface area contributed by atoms with Crippen LogP contribution in [0.15, 0.2) is 35.1 Å². The molecule has 0 unspecified atom stereocenters. The highest BCUT2D eigenvalue weighted by Crippen LogP contribution is 2.37. The summed E-state index contributed by atoms with van der Waals surface area (Å²) in [5, 5.41) is 0.952. The van der Waals surface area contributed by atoms with Gasteiger partial charge in [-0.1, -0.05) is 12.1 Å². The van der Waals surface area contributed by atoms with Crippen LogP contribution in [0, 0.1) is 13.8 Å². The molecule has 4 rings (SSSR count). The number of benzene rings is 1. The van der Waals surface area contributed by atoms with Crippen LogP contribution < -0.4 is 5.56 Å². The largest absolute Gasteiger partial charge is 0.329 e.